The fourth-order valence-corrected chi connectivity index (χ4v) is 3.35. The van der Waals surface area contributed by atoms with Gasteiger partial charge < -0.3 is 14.5 Å². The monoisotopic (exact) mass is 392 g/mol. The summed E-state index contributed by atoms with van der Waals surface area (Å²) >= 11 is 0. The number of rotatable bonds is 3. The highest BCUT2D eigenvalue weighted by molar-refractivity contribution is 6.02. The van der Waals surface area contributed by atoms with Crippen LogP contribution >= 0.6 is 0 Å². The molecule has 28 heavy (non-hydrogen) atoms. The van der Waals surface area contributed by atoms with Gasteiger partial charge in [-0.1, -0.05) is 18.2 Å². The van der Waals surface area contributed by atoms with Crippen molar-refractivity contribution >= 4 is 17.5 Å². The third-order valence-corrected chi connectivity index (χ3v) is 4.60. The Labute approximate surface area is 160 Å². The van der Waals surface area contributed by atoms with Gasteiger partial charge in [0.05, 0.1) is 24.3 Å². The topological polar surface area (TPSA) is 49.9 Å². The van der Waals surface area contributed by atoms with Crippen LogP contribution in [0.4, 0.5) is 18.9 Å². The van der Waals surface area contributed by atoms with E-state index in [9.17, 15) is 22.8 Å². The smallest absolute Gasteiger partial charge is 0.417 e. The minimum absolute atomic E-state index is 0.119. The van der Waals surface area contributed by atoms with Crippen molar-refractivity contribution < 1.29 is 27.5 Å². The van der Waals surface area contributed by atoms with Crippen molar-refractivity contribution in [3.05, 3.63) is 59.7 Å². The summed E-state index contributed by atoms with van der Waals surface area (Å²) in [5, 5.41) is 0. The highest BCUT2D eigenvalue weighted by Gasteiger charge is 2.38. The highest BCUT2D eigenvalue weighted by atomic mass is 19.4. The van der Waals surface area contributed by atoms with E-state index in [1.165, 1.54) is 24.1 Å². The molecule has 1 heterocycles. The largest absolute Gasteiger partial charge is 0.497 e. The van der Waals surface area contributed by atoms with Crippen molar-refractivity contribution in [1.82, 2.24) is 4.90 Å². The Morgan fingerprint density at radius 1 is 1.14 bits per heavy atom. The number of anilines is 1. The van der Waals surface area contributed by atoms with Gasteiger partial charge in [-0.05, 0) is 31.2 Å². The number of methoxy groups -OCH3 is 1. The van der Waals surface area contributed by atoms with Gasteiger partial charge in [-0.3, -0.25) is 9.59 Å². The molecule has 0 bridgehead atoms. The van der Waals surface area contributed by atoms with Crippen LogP contribution < -0.4 is 9.64 Å². The van der Waals surface area contributed by atoms with Gasteiger partial charge in [0, 0.05) is 18.3 Å². The lowest BCUT2D eigenvalue weighted by atomic mass is 10.0. The average Bonchev–Trinajstić information content (AvgIpc) is 2.66. The van der Waals surface area contributed by atoms with Crippen molar-refractivity contribution in [3.63, 3.8) is 0 Å². The van der Waals surface area contributed by atoms with E-state index in [1.807, 2.05) is 0 Å². The zero-order valence-corrected chi connectivity index (χ0v) is 15.4. The van der Waals surface area contributed by atoms with E-state index in [-0.39, 0.29) is 19.0 Å². The van der Waals surface area contributed by atoms with Crippen LogP contribution in [0.1, 0.15) is 22.8 Å². The molecule has 0 aromatic heterocycles. The molecule has 1 aliphatic heterocycles. The van der Waals surface area contributed by atoms with Crippen molar-refractivity contribution in [2.75, 3.05) is 25.1 Å². The first kappa shape index (κ1) is 19.7. The highest BCUT2D eigenvalue weighted by Crippen LogP contribution is 2.33. The van der Waals surface area contributed by atoms with E-state index >= 15 is 0 Å². The van der Waals surface area contributed by atoms with Crippen LogP contribution in [-0.4, -0.2) is 43.0 Å². The summed E-state index contributed by atoms with van der Waals surface area (Å²) in [4.78, 5) is 28.1. The number of halogens is 3. The average molecular weight is 392 g/mol. The van der Waals surface area contributed by atoms with Crippen LogP contribution in [0.15, 0.2) is 48.5 Å². The minimum atomic E-state index is -4.65. The van der Waals surface area contributed by atoms with E-state index in [1.54, 1.807) is 31.2 Å². The van der Waals surface area contributed by atoms with Crippen LogP contribution in [0, 0.1) is 0 Å². The summed E-state index contributed by atoms with van der Waals surface area (Å²) in [5.74, 6) is -0.599. The van der Waals surface area contributed by atoms with Crippen LogP contribution in [0.2, 0.25) is 0 Å². The molecule has 1 atom stereocenters. The predicted octanol–water partition coefficient (Wildman–Crippen LogP) is 3.59. The number of carbonyl (C=O) groups is 2. The molecule has 1 fully saturated rings. The third kappa shape index (κ3) is 3.81. The first-order chi connectivity index (χ1) is 13.2. The van der Waals surface area contributed by atoms with E-state index in [0.717, 1.165) is 17.0 Å². The van der Waals surface area contributed by atoms with Gasteiger partial charge in [-0.15, -0.1) is 0 Å². The lowest BCUT2D eigenvalue weighted by Gasteiger charge is -2.39. The number of nitrogens with zero attached hydrogens (tertiary/aromatic N) is 2. The maximum Gasteiger partial charge on any atom is 0.417 e. The Hall–Kier alpha value is -3.03. The van der Waals surface area contributed by atoms with Gasteiger partial charge in [-0.2, -0.15) is 13.2 Å². The molecular formula is C20H19F3N2O3. The van der Waals surface area contributed by atoms with Crippen LogP contribution in [0.3, 0.4) is 0 Å². The Kier molecular flexibility index (Phi) is 5.31. The second-order valence-electron chi connectivity index (χ2n) is 6.54. The Morgan fingerprint density at radius 3 is 2.50 bits per heavy atom. The van der Waals surface area contributed by atoms with E-state index in [0.29, 0.717) is 11.4 Å². The van der Waals surface area contributed by atoms with Crippen molar-refractivity contribution in [1.29, 1.82) is 0 Å². The molecule has 2 amide bonds. The molecule has 8 heteroatoms. The summed E-state index contributed by atoms with van der Waals surface area (Å²) in [7, 11) is 1.51. The van der Waals surface area contributed by atoms with Gasteiger partial charge in [0.1, 0.15) is 12.3 Å². The summed E-state index contributed by atoms with van der Waals surface area (Å²) in [5.41, 5.74) is -0.847. The molecule has 2 aromatic carbocycles. The molecular weight excluding hydrogens is 373 g/mol. The number of carbonyl (C=O) groups excluding carboxylic acids is 2. The number of hydrogen-bond donors (Lipinski definition) is 0. The van der Waals surface area contributed by atoms with E-state index < -0.39 is 29.3 Å². The van der Waals surface area contributed by atoms with Gasteiger partial charge in [0.15, 0.2) is 0 Å². The molecule has 1 saturated heterocycles. The summed E-state index contributed by atoms with van der Waals surface area (Å²) in [6.45, 7) is 1.56. The molecule has 0 aliphatic carbocycles. The number of hydrogen-bond acceptors (Lipinski definition) is 3. The van der Waals surface area contributed by atoms with Crippen molar-refractivity contribution in [3.8, 4) is 5.75 Å². The quantitative estimate of drug-likeness (QED) is 0.802. The van der Waals surface area contributed by atoms with Crippen molar-refractivity contribution in [2.45, 2.75) is 19.1 Å². The third-order valence-electron chi connectivity index (χ3n) is 4.60. The molecule has 0 unspecified atom stereocenters. The van der Waals surface area contributed by atoms with Gasteiger partial charge >= 0.3 is 6.18 Å². The Morgan fingerprint density at radius 2 is 1.86 bits per heavy atom. The standard InChI is InChI=1S/C20H19F3N2O3/c1-13-11-24(19(27)16-8-3-4-9-17(16)20(21,22)23)12-18(26)25(13)14-6-5-7-15(10-14)28-2/h3-10,13H,11-12H2,1-2H3/t13-/m0/s1. The zero-order chi connectivity index (χ0) is 20.5. The number of alkyl halides is 3. The number of piperazine rings is 1. The molecule has 3 rings (SSSR count). The molecule has 5 nitrogen and oxygen atoms in total. The maximum absolute atomic E-state index is 13.2. The molecule has 0 spiro atoms. The molecule has 1 aliphatic rings. The number of ether oxygens (including phenoxy) is 1. The number of benzene rings is 2. The van der Waals surface area contributed by atoms with Gasteiger partial charge in [-0.25, -0.2) is 0 Å². The first-order valence-electron chi connectivity index (χ1n) is 8.64. The SMILES string of the molecule is COc1cccc(N2C(=O)CN(C(=O)c3ccccc3C(F)(F)F)C[C@@H]2C)c1. The molecule has 0 radical (unpaired) electrons. The normalized spacial score (nSPS) is 17.6. The molecule has 2 aromatic rings. The van der Waals surface area contributed by atoms with Gasteiger partial charge in [0.25, 0.3) is 5.91 Å². The summed E-state index contributed by atoms with van der Waals surface area (Å²) < 4.78 is 44.8. The summed E-state index contributed by atoms with van der Waals surface area (Å²) in [6, 6.07) is 11.1. The maximum atomic E-state index is 13.2. The van der Waals surface area contributed by atoms with Crippen LogP contribution in [0.25, 0.3) is 0 Å². The zero-order valence-electron chi connectivity index (χ0n) is 15.4. The molecule has 0 saturated carbocycles. The molecule has 148 valence electrons. The predicted molar refractivity (Wildman–Crippen MR) is 97.3 cm³/mol. The fraction of sp³-hybridized carbons (Fsp3) is 0.300. The lowest BCUT2D eigenvalue weighted by Crippen LogP contribution is -2.57. The minimum Gasteiger partial charge on any atom is -0.497 e. The van der Waals surface area contributed by atoms with Crippen LogP contribution in [-0.2, 0) is 11.0 Å². The summed E-state index contributed by atoms with van der Waals surface area (Å²) in [6.07, 6.45) is -4.65. The Balaban J connectivity index is 1.85. The van der Waals surface area contributed by atoms with E-state index in [4.69, 9.17) is 4.74 Å². The lowest BCUT2D eigenvalue weighted by molar-refractivity contribution is -0.138. The van der Waals surface area contributed by atoms with Gasteiger partial charge in [0.2, 0.25) is 5.91 Å². The second-order valence-corrected chi connectivity index (χ2v) is 6.54. The Bertz CT molecular complexity index is 898. The first-order valence-corrected chi connectivity index (χ1v) is 8.64. The van der Waals surface area contributed by atoms with Crippen LogP contribution in [0.5, 0.6) is 5.75 Å². The van der Waals surface area contributed by atoms with Crippen molar-refractivity contribution in [2.24, 2.45) is 0 Å². The van der Waals surface area contributed by atoms with E-state index in [2.05, 4.69) is 0 Å². The molecule has 0 N–H and O–H groups in total. The number of amides is 2. The fourth-order valence-electron chi connectivity index (χ4n) is 3.35. The second kappa shape index (κ2) is 7.53.